The van der Waals surface area contributed by atoms with Gasteiger partial charge in [0.1, 0.15) is 5.76 Å². The van der Waals surface area contributed by atoms with E-state index >= 15 is 0 Å². The number of nitrogens with one attached hydrogen (secondary N) is 1. The van der Waals surface area contributed by atoms with Gasteiger partial charge < -0.3 is 9.84 Å². The summed E-state index contributed by atoms with van der Waals surface area (Å²) in [5, 5.41) is 6.71. The van der Waals surface area contributed by atoms with E-state index in [-0.39, 0.29) is 17.2 Å². The van der Waals surface area contributed by atoms with E-state index < -0.39 is 10.0 Å². The van der Waals surface area contributed by atoms with Crippen molar-refractivity contribution in [3.63, 3.8) is 0 Å². The van der Waals surface area contributed by atoms with Crippen LogP contribution in [0.2, 0.25) is 0 Å². The van der Waals surface area contributed by atoms with Gasteiger partial charge in [-0.2, -0.15) is 4.31 Å². The monoisotopic (exact) mass is 433 g/mol. The number of hydrogen-bond acceptors (Lipinski definition) is 5. The molecule has 1 aliphatic heterocycles. The first-order valence-corrected chi connectivity index (χ1v) is 11.8. The molecule has 1 saturated heterocycles. The molecule has 0 spiro atoms. The van der Waals surface area contributed by atoms with Gasteiger partial charge in [-0.3, -0.25) is 4.79 Å². The highest BCUT2D eigenvalue weighted by Crippen LogP contribution is 2.27. The van der Waals surface area contributed by atoms with E-state index in [1.807, 2.05) is 32.9 Å². The lowest BCUT2D eigenvalue weighted by atomic mass is 9.93. The van der Waals surface area contributed by atoms with Crippen molar-refractivity contribution in [1.82, 2.24) is 9.46 Å². The van der Waals surface area contributed by atoms with Crippen LogP contribution in [0.25, 0.3) is 0 Å². The molecule has 1 aliphatic rings. The van der Waals surface area contributed by atoms with E-state index in [1.165, 1.54) is 4.31 Å². The number of aromatic nitrogens is 1. The molecule has 0 saturated carbocycles. The number of hydrogen-bond donors (Lipinski definition) is 1. The van der Waals surface area contributed by atoms with Crippen LogP contribution < -0.4 is 5.32 Å². The Labute approximate surface area is 178 Å². The second-order valence-electron chi connectivity index (χ2n) is 9.22. The van der Waals surface area contributed by atoms with Crippen LogP contribution in [-0.2, 0) is 20.2 Å². The zero-order chi connectivity index (χ0) is 22.1. The molecule has 0 unspecified atom stereocenters. The van der Waals surface area contributed by atoms with Gasteiger partial charge in [0.05, 0.1) is 4.90 Å². The quantitative estimate of drug-likeness (QED) is 0.765. The van der Waals surface area contributed by atoms with Crippen molar-refractivity contribution in [3.05, 3.63) is 41.7 Å². The highest BCUT2D eigenvalue weighted by Gasteiger charge is 2.32. The maximum atomic E-state index is 12.9. The Balaban J connectivity index is 1.59. The third-order valence-corrected chi connectivity index (χ3v) is 7.42. The maximum Gasteiger partial charge on any atom is 0.243 e. The van der Waals surface area contributed by atoms with E-state index in [4.69, 9.17) is 4.52 Å². The van der Waals surface area contributed by atoms with Gasteiger partial charge in [0, 0.05) is 30.5 Å². The van der Waals surface area contributed by atoms with Gasteiger partial charge in [-0.25, -0.2) is 8.42 Å². The zero-order valence-corrected chi connectivity index (χ0v) is 19.1. The predicted octanol–water partition coefficient (Wildman–Crippen LogP) is 4.13. The summed E-state index contributed by atoms with van der Waals surface area (Å²) in [5.41, 5.74) is 0.912. The Morgan fingerprint density at radius 2 is 1.77 bits per heavy atom. The highest BCUT2D eigenvalue weighted by molar-refractivity contribution is 7.89. The fourth-order valence-corrected chi connectivity index (χ4v) is 4.92. The number of sulfonamides is 1. The van der Waals surface area contributed by atoms with Crippen molar-refractivity contribution >= 4 is 21.7 Å². The maximum absolute atomic E-state index is 12.9. The Morgan fingerprint density at radius 3 is 2.27 bits per heavy atom. The molecule has 8 heteroatoms. The van der Waals surface area contributed by atoms with Crippen molar-refractivity contribution in [1.29, 1.82) is 0 Å². The van der Waals surface area contributed by atoms with Gasteiger partial charge in [-0.1, -0.05) is 51.9 Å². The third kappa shape index (κ3) is 4.92. The first-order chi connectivity index (χ1) is 14.0. The third-order valence-electron chi connectivity index (χ3n) is 5.51. The number of piperidine rings is 1. The van der Waals surface area contributed by atoms with Gasteiger partial charge in [0.2, 0.25) is 15.9 Å². The number of nitrogens with zero attached hydrogens (tertiary/aromatic N) is 2. The number of carbonyl (C=O) groups excluding carboxylic acids is 1. The summed E-state index contributed by atoms with van der Waals surface area (Å²) >= 11 is 0. The number of carbonyl (C=O) groups is 1. The van der Waals surface area contributed by atoms with E-state index in [1.54, 1.807) is 18.2 Å². The smallest absolute Gasteiger partial charge is 0.243 e. The molecule has 1 fully saturated rings. The SMILES string of the molecule is CC(C)c1ccc(S(=O)(=O)N2CCC(C(=O)Nc3cc(C(C)(C)C)on3)CC2)cc1. The van der Waals surface area contributed by atoms with Crippen LogP contribution in [0.4, 0.5) is 5.82 Å². The molecule has 164 valence electrons. The molecule has 30 heavy (non-hydrogen) atoms. The number of rotatable bonds is 5. The van der Waals surface area contributed by atoms with Crippen LogP contribution in [0, 0.1) is 5.92 Å². The second kappa shape index (κ2) is 8.51. The second-order valence-corrected chi connectivity index (χ2v) is 11.2. The fourth-order valence-electron chi connectivity index (χ4n) is 3.45. The molecule has 0 bridgehead atoms. The number of anilines is 1. The first-order valence-electron chi connectivity index (χ1n) is 10.4. The van der Waals surface area contributed by atoms with Crippen LogP contribution in [-0.4, -0.2) is 36.9 Å². The molecule has 2 heterocycles. The lowest BCUT2D eigenvalue weighted by Crippen LogP contribution is -2.41. The summed E-state index contributed by atoms with van der Waals surface area (Å²) < 4.78 is 32.6. The van der Waals surface area contributed by atoms with Crippen molar-refractivity contribution in [2.75, 3.05) is 18.4 Å². The fraction of sp³-hybridized carbons (Fsp3) is 0.545. The van der Waals surface area contributed by atoms with Crippen LogP contribution in [0.5, 0.6) is 0 Å². The van der Waals surface area contributed by atoms with Crippen molar-refractivity contribution < 1.29 is 17.7 Å². The van der Waals surface area contributed by atoms with Crippen LogP contribution in [0.1, 0.15) is 64.7 Å². The summed E-state index contributed by atoms with van der Waals surface area (Å²) in [6, 6.07) is 8.79. The largest absolute Gasteiger partial charge is 0.359 e. The molecule has 1 amide bonds. The average Bonchev–Trinajstić information content (AvgIpc) is 3.17. The molecular weight excluding hydrogens is 402 g/mol. The normalized spacial score (nSPS) is 16.7. The Kier molecular flexibility index (Phi) is 6.38. The number of amides is 1. The van der Waals surface area contributed by atoms with E-state index in [0.29, 0.717) is 48.3 Å². The topological polar surface area (TPSA) is 92.5 Å². The van der Waals surface area contributed by atoms with Gasteiger partial charge in [-0.15, -0.1) is 0 Å². The number of benzene rings is 1. The highest BCUT2D eigenvalue weighted by atomic mass is 32.2. The predicted molar refractivity (Wildman–Crippen MR) is 116 cm³/mol. The Bertz CT molecular complexity index is 980. The van der Waals surface area contributed by atoms with Gasteiger partial charge in [0.25, 0.3) is 0 Å². The summed E-state index contributed by atoms with van der Waals surface area (Å²) in [7, 11) is -3.55. The lowest BCUT2D eigenvalue weighted by Gasteiger charge is -2.30. The molecule has 2 aromatic rings. The standard InChI is InChI=1S/C22H31N3O4S/c1-15(2)16-6-8-18(9-7-16)30(27,28)25-12-10-17(11-13-25)21(26)23-20-14-19(29-24-20)22(3,4)5/h6-9,14-15,17H,10-13H2,1-5H3,(H,23,24,26). The van der Waals surface area contributed by atoms with Crippen molar-refractivity contribution in [2.45, 2.75) is 63.7 Å². The Morgan fingerprint density at radius 1 is 1.17 bits per heavy atom. The molecule has 7 nitrogen and oxygen atoms in total. The van der Waals surface area contributed by atoms with E-state index in [2.05, 4.69) is 24.3 Å². The van der Waals surface area contributed by atoms with Gasteiger partial charge in [0.15, 0.2) is 5.82 Å². The molecule has 0 atom stereocenters. The Hall–Kier alpha value is -2.19. The minimum absolute atomic E-state index is 0.151. The van der Waals surface area contributed by atoms with E-state index in [0.717, 1.165) is 5.56 Å². The minimum Gasteiger partial charge on any atom is -0.359 e. The van der Waals surface area contributed by atoms with Crippen LogP contribution in [0.3, 0.4) is 0 Å². The lowest BCUT2D eigenvalue weighted by molar-refractivity contribution is -0.120. The minimum atomic E-state index is -3.55. The summed E-state index contributed by atoms with van der Waals surface area (Å²) in [6.07, 6.45) is 0.943. The molecule has 0 aliphatic carbocycles. The molecular formula is C22H31N3O4S. The van der Waals surface area contributed by atoms with Crippen molar-refractivity contribution in [3.8, 4) is 0 Å². The van der Waals surface area contributed by atoms with E-state index in [9.17, 15) is 13.2 Å². The first kappa shape index (κ1) is 22.5. The van der Waals surface area contributed by atoms with Gasteiger partial charge in [-0.05, 0) is 36.5 Å². The summed E-state index contributed by atoms with van der Waals surface area (Å²) in [5.74, 6) is 1.03. The molecule has 1 aromatic carbocycles. The zero-order valence-electron chi connectivity index (χ0n) is 18.3. The van der Waals surface area contributed by atoms with Crippen LogP contribution >= 0.6 is 0 Å². The summed E-state index contributed by atoms with van der Waals surface area (Å²) in [4.78, 5) is 12.9. The molecule has 3 rings (SSSR count). The van der Waals surface area contributed by atoms with Gasteiger partial charge >= 0.3 is 0 Å². The van der Waals surface area contributed by atoms with Crippen LogP contribution in [0.15, 0.2) is 39.8 Å². The molecule has 1 N–H and O–H groups in total. The molecule has 0 radical (unpaired) electrons. The molecule has 1 aromatic heterocycles. The average molecular weight is 434 g/mol. The van der Waals surface area contributed by atoms with Crippen molar-refractivity contribution in [2.24, 2.45) is 5.92 Å². The summed E-state index contributed by atoms with van der Waals surface area (Å²) in [6.45, 7) is 10.8.